The molecule has 0 fully saturated rings. The van der Waals surface area contributed by atoms with Gasteiger partial charge in [-0.25, -0.2) is 4.98 Å². The number of nitrogens with zero attached hydrogens (tertiary/aromatic N) is 3. The SMILES string of the molecule is Nc1nc(NCCc2ccc(Cl)cc2)ncc1[N+](=O)[O-]. The molecule has 0 aliphatic heterocycles. The van der Waals surface area contributed by atoms with Crippen molar-refractivity contribution in [1.29, 1.82) is 0 Å². The summed E-state index contributed by atoms with van der Waals surface area (Å²) in [5, 5.41) is 14.2. The standard InChI is InChI=1S/C12H12ClN5O2/c13-9-3-1-8(2-4-9)5-6-15-12-16-7-10(18(19)20)11(14)17-12/h1-4,7H,5-6H2,(H3,14,15,16,17). The number of anilines is 2. The lowest BCUT2D eigenvalue weighted by molar-refractivity contribution is -0.384. The molecule has 0 atom stereocenters. The monoisotopic (exact) mass is 293 g/mol. The maximum Gasteiger partial charge on any atom is 0.329 e. The van der Waals surface area contributed by atoms with Gasteiger partial charge in [0.05, 0.1) is 4.92 Å². The Hall–Kier alpha value is -2.41. The van der Waals surface area contributed by atoms with Crippen LogP contribution in [-0.4, -0.2) is 21.4 Å². The number of halogens is 1. The van der Waals surface area contributed by atoms with E-state index in [0.29, 0.717) is 11.6 Å². The van der Waals surface area contributed by atoms with Crippen molar-refractivity contribution in [2.75, 3.05) is 17.6 Å². The molecule has 0 amide bonds. The van der Waals surface area contributed by atoms with Crippen LogP contribution in [0.2, 0.25) is 5.02 Å². The summed E-state index contributed by atoms with van der Waals surface area (Å²) in [5.74, 6) is 0.112. The van der Waals surface area contributed by atoms with E-state index in [2.05, 4.69) is 15.3 Å². The number of nitro groups is 1. The van der Waals surface area contributed by atoms with Crippen LogP contribution in [0.4, 0.5) is 17.5 Å². The van der Waals surface area contributed by atoms with Gasteiger partial charge in [-0.05, 0) is 24.1 Å². The van der Waals surface area contributed by atoms with Crippen molar-refractivity contribution in [2.24, 2.45) is 0 Å². The van der Waals surface area contributed by atoms with Crippen molar-refractivity contribution in [3.05, 3.63) is 51.2 Å². The Morgan fingerprint density at radius 2 is 2.05 bits per heavy atom. The first-order chi connectivity index (χ1) is 9.56. The lowest BCUT2D eigenvalue weighted by atomic mass is 10.1. The van der Waals surface area contributed by atoms with Crippen LogP contribution in [0.3, 0.4) is 0 Å². The van der Waals surface area contributed by atoms with Gasteiger partial charge in [-0.15, -0.1) is 0 Å². The molecule has 0 saturated heterocycles. The van der Waals surface area contributed by atoms with E-state index < -0.39 is 4.92 Å². The minimum Gasteiger partial charge on any atom is -0.378 e. The molecule has 0 unspecified atom stereocenters. The van der Waals surface area contributed by atoms with E-state index in [0.717, 1.165) is 18.2 Å². The summed E-state index contributed by atoms with van der Waals surface area (Å²) in [6.45, 7) is 0.582. The third kappa shape index (κ3) is 3.55. The van der Waals surface area contributed by atoms with E-state index in [1.54, 1.807) is 0 Å². The molecule has 0 aliphatic carbocycles. The van der Waals surface area contributed by atoms with E-state index in [-0.39, 0.29) is 17.5 Å². The lowest BCUT2D eigenvalue weighted by Gasteiger charge is -2.05. The van der Waals surface area contributed by atoms with Crippen molar-refractivity contribution in [3.63, 3.8) is 0 Å². The highest BCUT2D eigenvalue weighted by Gasteiger charge is 2.13. The van der Waals surface area contributed by atoms with Crippen LogP contribution >= 0.6 is 11.6 Å². The second-order valence-corrected chi connectivity index (χ2v) is 4.46. The van der Waals surface area contributed by atoms with Crippen LogP contribution in [0.15, 0.2) is 30.5 Å². The first-order valence-electron chi connectivity index (χ1n) is 5.81. The topological polar surface area (TPSA) is 107 Å². The molecular formula is C12H12ClN5O2. The molecule has 7 nitrogen and oxygen atoms in total. The van der Waals surface area contributed by atoms with Crippen molar-refractivity contribution in [3.8, 4) is 0 Å². The maximum absolute atomic E-state index is 10.6. The number of hydrogen-bond donors (Lipinski definition) is 2. The molecule has 1 aromatic carbocycles. The predicted molar refractivity (Wildman–Crippen MR) is 76.7 cm³/mol. The number of hydrogen-bond acceptors (Lipinski definition) is 6. The van der Waals surface area contributed by atoms with Crippen molar-refractivity contribution >= 4 is 29.1 Å². The minimum atomic E-state index is -0.618. The molecule has 2 rings (SSSR count). The van der Waals surface area contributed by atoms with E-state index >= 15 is 0 Å². The first-order valence-corrected chi connectivity index (χ1v) is 6.19. The van der Waals surface area contributed by atoms with Crippen LogP contribution in [-0.2, 0) is 6.42 Å². The van der Waals surface area contributed by atoms with Gasteiger partial charge in [-0.3, -0.25) is 10.1 Å². The Balaban J connectivity index is 1.92. The lowest BCUT2D eigenvalue weighted by Crippen LogP contribution is -2.10. The van der Waals surface area contributed by atoms with Crippen LogP contribution in [0.5, 0.6) is 0 Å². The molecule has 3 N–H and O–H groups in total. The zero-order valence-corrected chi connectivity index (χ0v) is 11.2. The smallest absolute Gasteiger partial charge is 0.329 e. The average Bonchev–Trinajstić information content (AvgIpc) is 2.41. The molecule has 0 saturated carbocycles. The van der Waals surface area contributed by atoms with Crippen LogP contribution in [0.25, 0.3) is 0 Å². The summed E-state index contributed by atoms with van der Waals surface area (Å²) in [6.07, 6.45) is 1.84. The highest BCUT2D eigenvalue weighted by molar-refractivity contribution is 6.30. The number of benzene rings is 1. The van der Waals surface area contributed by atoms with Crippen molar-refractivity contribution in [2.45, 2.75) is 6.42 Å². The zero-order valence-electron chi connectivity index (χ0n) is 10.4. The first kappa shape index (κ1) is 14.0. The molecule has 104 valence electrons. The summed E-state index contributed by atoms with van der Waals surface area (Å²) < 4.78 is 0. The van der Waals surface area contributed by atoms with E-state index in [1.807, 2.05) is 24.3 Å². The van der Waals surface area contributed by atoms with Gasteiger partial charge in [0.2, 0.25) is 11.8 Å². The molecule has 0 aliphatic rings. The largest absolute Gasteiger partial charge is 0.378 e. The summed E-state index contributed by atoms with van der Waals surface area (Å²) >= 11 is 5.79. The summed E-state index contributed by atoms with van der Waals surface area (Å²) in [6, 6.07) is 7.48. The van der Waals surface area contributed by atoms with E-state index in [9.17, 15) is 10.1 Å². The van der Waals surface area contributed by atoms with Crippen molar-refractivity contribution in [1.82, 2.24) is 9.97 Å². The highest BCUT2D eigenvalue weighted by atomic mass is 35.5. The fourth-order valence-electron chi connectivity index (χ4n) is 1.58. The number of aromatic nitrogens is 2. The Labute approximate surface area is 120 Å². The quantitative estimate of drug-likeness (QED) is 0.647. The Kier molecular flexibility index (Phi) is 4.31. The Bertz CT molecular complexity index is 618. The molecule has 0 spiro atoms. The fraction of sp³-hybridized carbons (Fsp3) is 0.167. The second-order valence-electron chi connectivity index (χ2n) is 4.02. The van der Waals surface area contributed by atoms with Gasteiger partial charge < -0.3 is 11.1 Å². The van der Waals surface area contributed by atoms with Crippen LogP contribution in [0.1, 0.15) is 5.56 Å². The highest BCUT2D eigenvalue weighted by Crippen LogP contribution is 2.18. The number of nitrogens with one attached hydrogen (secondary N) is 1. The fourth-order valence-corrected chi connectivity index (χ4v) is 1.71. The maximum atomic E-state index is 10.6. The van der Waals surface area contributed by atoms with E-state index in [4.69, 9.17) is 17.3 Å². The molecule has 0 radical (unpaired) electrons. The van der Waals surface area contributed by atoms with Crippen LogP contribution in [0, 0.1) is 10.1 Å². The Morgan fingerprint density at radius 3 is 2.65 bits per heavy atom. The van der Waals surface area contributed by atoms with E-state index in [1.165, 1.54) is 0 Å². The zero-order chi connectivity index (χ0) is 14.5. The van der Waals surface area contributed by atoms with Gasteiger partial charge in [0, 0.05) is 11.6 Å². The minimum absolute atomic E-state index is 0.154. The molecule has 1 heterocycles. The molecule has 2 aromatic rings. The number of nitrogen functional groups attached to an aromatic ring is 1. The second kappa shape index (κ2) is 6.16. The third-order valence-electron chi connectivity index (χ3n) is 2.60. The number of nitrogens with two attached hydrogens (primary N) is 1. The van der Waals surface area contributed by atoms with Gasteiger partial charge in [-0.1, -0.05) is 23.7 Å². The Morgan fingerprint density at radius 1 is 1.35 bits per heavy atom. The molecule has 1 aromatic heterocycles. The van der Waals surface area contributed by atoms with Crippen LogP contribution < -0.4 is 11.1 Å². The average molecular weight is 294 g/mol. The summed E-state index contributed by atoms with van der Waals surface area (Å²) in [7, 11) is 0. The molecule has 8 heteroatoms. The molecular weight excluding hydrogens is 282 g/mol. The van der Waals surface area contributed by atoms with Gasteiger partial charge in [-0.2, -0.15) is 4.98 Å². The van der Waals surface area contributed by atoms with Crippen molar-refractivity contribution < 1.29 is 4.92 Å². The van der Waals surface area contributed by atoms with Gasteiger partial charge in [0.1, 0.15) is 6.20 Å². The molecule has 20 heavy (non-hydrogen) atoms. The molecule has 0 bridgehead atoms. The number of rotatable bonds is 5. The summed E-state index contributed by atoms with van der Waals surface area (Å²) in [5.41, 5.74) is 6.28. The third-order valence-corrected chi connectivity index (χ3v) is 2.86. The van der Waals surface area contributed by atoms with Gasteiger partial charge in [0.15, 0.2) is 0 Å². The normalized spacial score (nSPS) is 10.2. The van der Waals surface area contributed by atoms with Gasteiger partial charge in [0.25, 0.3) is 0 Å². The van der Waals surface area contributed by atoms with Gasteiger partial charge >= 0.3 is 5.69 Å². The predicted octanol–water partition coefficient (Wildman–Crippen LogP) is 2.28. The summed E-state index contributed by atoms with van der Waals surface area (Å²) in [4.78, 5) is 17.6.